The fourth-order valence-electron chi connectivity index (χ4n) is 9.54. The number of likely N-dealkylation sites (tertiary alicyclic amines) is 3. The number of ether oxygens (including phenoxy) is 1. The smallest absolute Gasteiger partial charge is 0.337 e. The number of nitrogens with zero attached hydrogens (tertiary/aromatic N) is 5. The fraction of sp³-hybridized carbons (Fsp3) is 0.583. The molecular formula is C48H68N6O7. The molecule has 1 aromatic heterocycles. The second-order valence-corrected chi connectivity index (χ2v) is 18.6. The molecule has 1 spiro atoms. The third-order valence-corrected chi connectivity index (χ3v) is 13.6. The standard InChI is InChI=1S/C24H29N5O3.C17H23NO3.C7H14O.H2/c1-23(2)8-18(23)22(32)28-14-24(15-28)13-27(12-19(24)20(25)30)21(31)17-9-26-29(11-17)10-16-6-4-3-5-7-16;1-3-4-16(19)18-11-9-14(10-12-18)13-5-7-15(8-6-13)17(20)21-2;8-6-7-4-2-1-3-5-7;/h3-7,9,11,18-19H,8,10,12-15H2,1-2H3,(H2,25,30);5-8,14H,3-4,9-12H2,1-2H3;7-8H,1-6H2;1H/t18-,19+;;;/m1.../s1. The van der Waals surface area contributed by atoms with E-state index < -0.39 is 17.2 Å². The zero-order valence-corrected chi connectivity index (χ0v) is 36.6. The van der Waals surface area contributed by atoms with Gasteiger partial charge in [0.1, 0.15) is 0 Å². The first-order chi connectivity index (χ1) is 29.3. The van der Waals surface area contributed by atoms with Gasteiger partial charge in [0, 0.05) is 71.3 Å². The number of nitrogens with two attached hydrogens (primary N) is 1. The third-order valence-electron chi connectivity index (χ3n) is 13.6. The van der Waals surface area contributed by atoms with Gasteiger partial charge in [-0.15, -0.1) is 0 Å². The van der Waals surface area contributed by atoms with Crippen molar-refractivity contribution < 1.29 is 35.2 Å². The number of primary amides is 1. The van der Waals surface area contributed by atoms with Crippen LogP contribution in [0.4, 0.5) is 0 Å². The van der Waals surface area contributed by atoms with Gasteiger partial charge in [-0.05, 0) is 79.0 Å². The number of piperidine rings is 1. The van der Waals surface area contributed by atoms with Crippen LogP contribution in [0.25, 0.3) is 0 Å². The van der Waals surface area contributed by atoms with Gasteiger partial charge < -0.3 is 30.3 Å². The van der Waals surface area contributed by atoms with Gasteiger partial charge in [-0.25, -0.2) is 4.79 Å². The molecule has 3 aliphatic heterocycles. The van der Waals surface area contributed by atoms with E-state index in [9.17, 15) is 24.0 Å². The average Bonchev–Trinajstić information content (AvgIpc) is 3.55. The third kappa shape index (κ3) is 11.3. The largest absolute Gasteiger partial charge is 0.465 e. The van der Waals surface area contributed by atoms with Crippen LogP contribution in [-0.4, -0.2) is 112 Å². The van der Waals surface area contributed by atoms with E-state index in [1.165, 1.54) is 44.8 Å². The molecule has 2 saturated carbocycles. The van der Waals surface area contributed by atoms with Crippen LogP contribution >= 0.6 is 0 Å². The van der Waals surface area contributed by atoms with Crippen molar-refractivity contribution in [1.82, 2.24) is 24.5 Å². The van der Waals surface area contributed by atoms with Crippen molar-refractivity contribution in [3.05, 3.63) is 89.2 Å². The van der Waals surface area contributed by atoms with Gasteiger partial charge in [0.05, 0.1) is 36.9 Å². The van der Waals surface area contributed by atoms with Crippen LogP contribution in [0.1, 0.15) is 124 Å². The van der Waals surface area contributed by atoms with Gasteiger partial charge >= 0.3 is 5.97 Å². The molecule has 0 unspecified atom stereocenters. The number of aromatic nitrogens is 2. The van der Waals surface area contributed by atoms with Gasteiger partial charge in [0.25, 0.3) is 5.91 Å². The van der Waals surface area contributed by atoms with Crippen LogP contribution < -0.4 is 5.73 Å². The SMILES string of the molecule is CC1(C)C[C@@H]1C(=O)N1CC2(CN(C(=O)c3cnn(Cc4ccccc4)c3)C[C@H]2C(N)=O)C1.CCCC(=O)N1CCC(c2ccc(C(=O)OC)cc2)CC1.OCC1CCCCC1.[HH]. The van der Waals surface area contributed by atoms with E-state index in [1.807, 2.05) is 71.3 Å². The van der Waals surface area contributed by atoms with E-state index in [-0.39, 0.29) is 43.0 Å². The maximum absolute atomic E-state index is 13.2. The minimum Gasteiger partial charge on any atom is -0.465 e. The molecule has 8 rings (SSSR count). The van der Waals surface area contributed by atoms with Crippen LogP contribution in [0.15, 0.2) is 67.0 Å². The summed E-state index contributed by atoms with van der Waals surface area (Å²) in [5.74, 6) is 0.323. The highest BCUT2D eigenvalue weighted by Crippen LogP contribution is 2.54. The quantitative estimate of drug-likeness (QED) is 0.230. The predicted molar refractivity (Wildman–Crippen MR) is 234 cm³/mol. The average molecular weight is 841 g/mol. The van der Waals surface area contributed by atoms with Crippen LogP contribution in [0.2, 0.25) is 0 Å². The Hall–Kier alpha value is -5.04. The zero-order valence-electron chi connectivity index (χ0n) is 36.6. The molecule has 0 bridgehead atoms. The van der Waals surface area contributed by atoms with Gasteiger partial charge in [0.15, 0.2) is 0 Å². The van der Waals surface area contributed by atoms with Crippen LogP contribution in [0.3, 0.4) is 0 Å². The molecule has 61 heavy (non-hydrogen) atoms. The van der Waals surface area contributed by atoms with Crippen molar-refractivity contribution in [2.45, 2.75) is 97.4 Å². The van der Waals surface area contributed by atoms with Crippen LogP contribution in [-0.2, 0) is 25.7 Å². The second kappa shape index (κ2) is 20.2. The Morgan fingerprint density at radius 2 is 1.49 bits per heavy atom. The summed E-state index contributed by atoms with van der Waals surface area (Å²) >= 11 is 0. The molecule has 2 aliphatic carbocycles. The summed E-state index contributed by atoms with van der Waals surface area (Å²) in [4.78, 5) is 66.9. The number of rotatable bonds is 10. The highest BCUT2D eigenvalue weighted by atomic mass is 16.5. The number of methoxy groups -OCH3 is 1. The molecule has 4 heterocycles. The Labute approximate surface area is 362 Å². The van der Waals surface area contributed by atoms with Crippen LogP contribution in [0.5, 0.6) is 0 Å². The first-order valence-electron chi connectivity index (χ1n) is 22.3. The summed E-state index contributed by atoms with van der Waals surface area (Å²) in [7, 11) is 1.39. The molecule has 2 aromatic carbocycles. The molecule has 13 nitrogen and oxygen atoms in total. The van der Waals surface area contributed by atoms with Crippen molar-refractivity contribution in [3.8, 4) is 0 Å². The minimum atomic E-state index is -0.443. The monoisotopic (exact) mass is 841 g/mol. The first-order valence-corrected chi connectivity index (χ1v) is 22.3. The summed E-state index contributed by atoms with van der Waals surface area (Å²) in [6, 6.07) is 17.5. The van der Waals surface area contributed by atoms with E-state index in [0.717, 1.165) is 44.3 Å². The van der Waals surface area contributed by atoms with E-state index >= 15 is 0 Å². The summed E-state index contributed by atoms with van der Waals surface area (Å²) in [5, 5.41) is 13.0. The maximum Gasteiger partial charge on any atom is 0.337 e. The van der Waals surface area contributed by atoms with E-state index in [1.54, 1.807) is 22.0 Å². The number of esters is 1. The van der Waals surface area contributed by atoms with Gasteiger partial charge in [-0.2, -0.15) is 5.10 Å². The Bertz CT molecular complexity index is 1970. The summed E-state index contributed by atoms with van der Waals surface area (Å²) in [5.41, 5.74) is 8.76. The normalized spacial score (nSPS) is 21.6. The minimum absolute atomic E-state index is 0. The second-order valence-electron chi connectivity index (χ2n) is 18.6. The number of aliphatic hydroxyl groups is 1. The summed E-state index contributed by atoms with van der Waals surface area (Å²) < 4.78 is 6.44. The maximum atomic E-state index is 13.2. The molecule has 3 N–H and O–H groups in total. The van der Waals surface area contributed by atoms with E-state index in [4.69, 9.17) is 15.6 Å². The number of benzene rings is 2. The molecule has 332 valence electrons. The number of aliphatic hydroxyl groups excluding tert-OH is 1. The van der Waals surface area contributed by atoms with E-state index in [2.05, 4.69) is 18.9 Å². The predicted octanol–water partition coefficient (Wildman–Crippen LogP) is 6.15. The lowest BCUT2D eigenvalue weighted by molar-refractivity contribution is -0.150. The molecule has 2 atom stereocenters. The summed E-state index contributed by atoms with van der Waals surface area (Å²) in [6.07, 6.45) is 14.4. The Kier molecular flexibility index (Phi) is 15.1. The van der Waals surface area contributed by atoms with Crippen molar-refractivity contribution in [2.24, 2.45) is 34.3 Å². The number of carbonyl (C=O) groups is 5. The topological polar surface area (TPSA) is 168 Å². The highest BCUT2D eigenvalue weighted by Gasteiger charge is 2.61. The van der Waals surface area contributed by atoms with Crippen molar-refractivity contribution in [2.75, 3.05) is 53.0 Å². The van der Waals surface area contributed by atoms with Crippen molar-refractivity contribution >= 4 is 29.6 Å². The molecule has 3 aromatic rings. The van der Waals surface area contributed by atoms with Crippen LogP contribution in [0, 0.1) is 28.6 Å². The van der Waals surface area contributed by atoms with Gasteiger partial charge in [-0.1, -0.05) is 82.5 Å². The Morgan fingerprint density at radius 3 is 2.05 bits per heavy atom. The number of amides is 4. The van der Waals surface area contributed by atoms with Crippen molar-refractivity contribution in [1.29, 1.82) is 0 Å². The van der Waals surface area contributed by atoms with Crippen molar-refractivity contribution in [3.63, 3.8) is 0 Å². The zero-order chi connectivity index (χ0) is 43.7. The lowest BCUT2D eigenvalue weighted by Gasteiger charge is -2.50. The molecular weight excluding hydrogens is 773 g/mol. The lowest BCUT2D eigenvalue weighted by atomic mass is 9.71. The first kappa shape index (κ1) is 45.5. The molecule has 3 saturated heterocycles. The summed E-state index contributed by atoms with van der Waals surface area (Å²) in [6.45, 7) is 10.6. The number of hydrogen-bond donors (Lipinski definition) is 2. The molecule has 5 aliphatic rings. The Balaban J connectivity index is 0.000000207. The number of hydrogen-bond acceptors (Lipinski definition) is 8. The van der Waals surface area contributed by atoms with E-state index in [0.29, 0.717) is 62.2 Å². The molecule has 4 amide bonds. The van der Waals surface area contributed by atoms with Gasteiger partial charge in [0.2, 0.25) is 17.7 Å². The number of carbonyl (C=O) groups excluding carboxylic acids is 5. The molecule has 5 fully saturated rings. The molecule has 13 heteroatoms. The highest BCUT2D eigenvalue weighted by molar-refractivity contribution is 5.95. The fourth-order valence-corrected chi connectivity index (χ4v) is 9.54. The lowest BCUT2D eigenvalue weighted by Crippen LogP contribution is -2.64. The van der Waals surface area contributed by atoms with Gasteiger partial charge in [-0.3, -0.25) is 23.9 Å². The Morgan fingerprint density at radius 1 is 0.852 bits per heavy atom. The molecule has 0 radical (unpaired) electrons.